The largest absolute Gasteiger partial charge is 0.309 e. The number of rotatable bonds is 3. The highest BCUT2D eigenvalue weighted by molar-refractivity contribution is 8.00. The van der Waals surface area contributed by atoms with Gasteiger partial charge in [-0.2, -0.15) is 11.8 Å². The average Bonchev–Trinajstić information content (AvgIpc) is 2.91. The first kappa shape index (κ1) is 11.4. The van der Waals surface area contributed by atoms with Crippen LogP contribution in [0.15, 0.2) is 6.07 Å². The maximum Gasteiger partial charge on any atom is 0.0934 e. The number of nitrogens with one attached hydrogen (secondary N) is 1. The fraction of sp³-hybridized carbons (Fsp3) is 0.667. The van der Waals surface area contributed by atoms with Crippen LogP contribution in [0.2, 0.25) is 4.34 Å². The molecule has 1 nitrogen and oxygen atoms in total. The van der Waals surface area contributed by atoms with E-state index >= 15 is 0 Å². The van der Waals surface area contributed by atoms with Gasteiger partial charge in [-0.15, -0.1) is 11.3 Å². The molecular formula is C12H16ClNS2. The highest BCUT2D eigenvalue weighted by Gasteiger charge is 2.26. The molecule has 2 aliphatic rings. The van der Waals surface area contributed by atoms with Crippen LogP contribution in [0.4, 0.5) is 0 Å². The van der Waals surface area contributed by atoms with Gasteiger partial charge in [-0.3, -0.25) is 0 Å². The fourth-order valence-electron chi connectivity index (χ4n) is 2.62. The van der Waals surface area contributed by atoms with E-state index in [2.05, 4.69) is 23.1 Å². The van der Waals surface area contributed by atoms with Gasteiger partial charge in [0.1, 0.15) is 0 Å². The zero-order chi connectivity index (χ0) is 11.0. The molecule has 2 unspecified atom stereocenters. The molecule has 1 aliphatic heterocycles. The molecule has 0 radical (unpaired) electrons. The number of halogens is 1. The second kappa shape index (κ2) is 4.89. The Morgan fingerprint density at radius 3 is 3.19 bits per heavy atom. The van der Waals surface area contributed by atoms with Crippen molar-refractivity contribution in [3.05, 3.63) is 20.8 Å². The molecular weight excluding hydrogens is 258 g/mol. The van der Waals surface area contributed by atoms with Gasteiger partial charge in [0.05, 0.1) is 4.34 Å². The van der Waals surface area contributed by atoms with E-state index in [9.17, 15) is 0 Å². The monoisotopic (exact) mass is 273 g/mol. The predicted molar refractivity (Wildman–Crippen MR) is 73.9 cm³/mol. The van der Waals surface area contributed by atoms with Crippen LogP contribution in [0.3, 0.4) is 0 Å². The smallest absolute Gasteiger partial charge is 0.0934 e. The lowest BCUT2D eigenvalue weighted by Crippen LogP contribution is -2.26. The second-order valence-electron chi connectivity index (χ2n) is 4.56. The van der Waals surface area contributed by atoms with E-state index < -0.39 is 0 Å². The van der Waals surface area contributed by atoms with Gasteiger partial charge in [-0.25, -0.2) is 0 Å². The van der Waals surface area contributed by atoms with Crippen LogP contribution < -0.4 is 5.32 Å². The molecule has 2 heterocycles. The summed E-state index contributed by atoms with van der Waals surface area (Å²) in [6.45, 7) is 1.17. The summed E-state index contributed by atoms with van der Waals surface area (Å²) in [5.74, 6) is 1.35. The van der Waals surface area contributed by atoms with E-state index in [1.54, 1.807) is 11.3 Å². The van der Waals surface area contributed by atoms with Gasteiger partial charge in [-0.1, -0.05) is 11.6 Å². The number of fused-ring (bicyclic) bond motifs is 1. The minimum Gasteiger partial charge on any atom is -0.309 e. The van der Waals surface area contributed by atoms with Crippen molar-refractivity contribution in [2.45, 2.75) is 37.0 Å². The topological polar surface area (TPSA) is 12.0 Å². The zero-order valence-corrected chi connectivity index (χ0v) is 11.6. The van der Waals surface area contributed by atoms with E-state index in [1.165, 1.54) is 48.4 Å². The van der Waals surface area contributed by atoms with E-state index in [0.717, 1.165) is 9.59 Å². The van der Waals surface area contributed by atoms with Crippen molar-refractivity contribution < 1.29 is 0 Å². The van der Waals surface area contributed by atoms with Crippen molar-refractivity contribution >= 4 is 34.7 Å². The molecule has 0 amide bonds. The summed E-state index contributed by atoms with van der Waals surface area (Å²) in [6, 6.07) is 2.73. The van der Waals surface area contributed by atoms with Gasteiger partial charge in [-0.05, 0) is 43.1 Å². The summed E-state index contributed by atoms with van der Waals surface area (Å²) in [4.78, 5) is 1.50. The molecule has 1 aliphatic carbocycles. The molecule has 1 aromatic rings. The Labute approximate surface area is 110 Å². The van der Waals surface area contributed by atoms with E-state index in [1.807, 2.05) is 0 Å². The summed E-state index contributed by atoms with van der Waals surface area (Å²) >= 11 is 9.94. The lowest BCUT2D eigenvalue weighted by Gasteiger charge is -2.16. The molecule has 0 aromatic carbocycles. The molecule has 0 spiro atoms. The Morgan fingerprint density at radius 1 is 1.44 bits per heavy atom. The van der Waals surface area contributed by atoms with E-state index in [4.69, 9.17) is 11.6 Å². The first-order valence-electron chi connectivity index (χ1n) is 5.96. The standard InChI is InChI=1S/C12H16ClNS2/c13-12-6-9-10(3-4-11(9)16-12)14-7-8-2-1-5-15-8/h6,8,10,14H,1-5,7H2. The van der Waals surface area contributed by atoms with Gasteiger partial charge in [0.15, 0.2) is 0 Å². The van der Waals surface area contributed by atoms with Gasteiger partial charge in [0.25, 0.3) is 0 Å². The minimum absolute atomic E-state index is 0.569. The molecule has 1 N–H and O–H groups in total. The summed E-state index contributed by atoms with van der Waals surface area (Å²) < 4.78 is 0.951. The van der Waals surface area contributed by atoms with Crippen LogP contribution >= 0.6 is 34.7 Å². The first-order chi connectivity index (χ1) is 7.83. The summed E-state index contributed by atoms with van der Waals surface area (Å²) in [6.07, 6.45) is 5.26. The maximum atomic E-state index is 6.06. The molecule has 0 bridgehead atoms. The number of thiophene rings is 1. The average molecular weight is 274 g/mol. The number of hydrogen-bond acceptors (Lipinski definition) is 3. The SMILES string of the molecule is Clc1cc2c(s1)CCC2NCC1CCCS1. The zero-order valence-electron chi connectivity index (χ0n) is 9.17. The van der Waals surface area contributed by atoms with Crippen molar-refractivity contribution in [2.24, 2.45) is 0 Å². The molecule has 88 valence electrons. The Kier molecular flexibility index (Phi) is 3.48. The van der Waals surface area contributed by atoms with Gasteiger partial charge < -0.3 is 5.32 Å². The molecule has 1 fully saturated rings. The third-order valence-corrected chi connectivity index (χ3v) is 6.20. The van der Waals surface area contributed by atoms with Gasteiger partial charge in [0.2, 0.25) is 0 Å². The van der Waals surface area contributed by atoms with Crippen LogP contribution in [-0.2, 0) is 6.42 Å². The fourth-order valence-corrected chi connectivity index (χ4v) is 5.19. The molecule has 2 atom stereocenters. The lowest BCUT2D eigenvalue weighted by atomic mass is 10.1. The molecule has 1 aromatic heterocycles. The highest BCUT2D eigenvalue weighted by atomic mass is 35.5. The Hall–Kier alpha value is 0.300. The summed E-state index contributed by atoms with van der Waals surface area (Å²) in [5, 5.41) is 4.57. The van der Waals surface area contributed by atoms with E-state index in [-0.39, 0.29) is 0 Å². The molecule has 0 saturated carbocycles. The molecule has 3 rings (SSSR count). The number of thioether (sulfide) groups is 1. The quantitative estimate of drug-likeness (QED) is 0.897. The van der Waals surface area contributed by atoms with E-state index in [0.29, 0.717) is 6.04 Å². The molecule has 1 saturated heterocycles. The number of aryl methyl sites for hydroxylation is 1. The van der Waals surface area contributed by atoms with Crippen molar-refractivity contribution in [2.75, 3.05) is 12.3 Å². The molecule has 16 heavy (non-hydrogen) atoms. The highest BCUT2D eigenvalue weighted by Crippen LogP contribution is 2.39. The summed E-state index contributed by atoms with van der Waals surface area (Å²) in [5.41, 5.74) is 1.47. The Morgan fingerprint density at radius 2 is 2.38 bits per heavy atom. The minimum atomic E-state index is 0.569. The van der Waals surface area contributed by atoms with Crippen LogP contribution in [0.25, 0.3) is 0 Å². The van der Waals surface area contributed by atoms with Crippen LogP contribution in [0.1, 0.15) is 35.7 Å². The van der Waals surface area contributed by atoms with Crippen LogP contribution in [0, 0.1) is 0 Å². The first-order valence-corrected chi connectivity index (χ1v) is 8.20. The Bertz CT molecular complexity index is 371. The third kappa shape index (κ3) is 2.28. The predicted octanol–water partition coefficient (Wildman–Crippen LogP) is 3.87. The second-order valence-corrected chi connectivity index (χ2v) is 7.74. The van der Waals surface area contributed by atoms with Crippen molar-refractivity contribution in [1.82, 2.24) is 5.32 Å². The molecule has 4 heteroatoms. The third-order valence-electron chi connectivity index (χ3n) is 3.46. The normalized spacial score (nSPS) is 28.6. The lowest BCUT2D eigenvalue weighted by molar-refractivity contribution is 0.522. The number of hydrogen-bond donors (Lipinski definition) is 1. The van der Waals surface area contributed by atoms with Crippen molar-refractivity contribution in [3.63, 3.8) is 0 Å². The maximum absolute atomic E-state index is 6.06. The Balaban J connectivity index is 1.59. The van der Waals surface area contributed by atoms with Crippen LogP contribution in [-0.4, -0.2) is 17.5 Å². The van der Waals surface area contributed by atoms with Gasteiger partial charge >= 0.3 is 0 Å². The van der Waals surface area contributed by atoms with Crippen LogP contribution in [0.5, 0.6) is 0 Å². The van der Waals surface area contributed by atoms with Crippen molar-refractivity contribution in [3.8, 4) is 0 Å². The van der Waals surface area contributed by atoms with Gasteiger partial charge in [0, 0.05) is 22.7 Å². The summed E-state index contributed by atoms with van der Waals surface area (Å²) in [7, 11) is 0. The van der Waals surface area contributed by atoms with Crippen molar-refractivity contribution in [1.29, 1.82) is 0 Å².